The van der Waals surface area contributed by atoms with Gasteiger partial charge < -0.3 is 11.1 Å². The molecule has 0 fully saturated rings. The normalized spacial score (nSPS) is 12.2. The quantitative estimate of drug-likeness (QED) is 0.757. The van der Waals surface area contributed by atoms with Crippen LogP contribution in [-0.4, -0.2) is 28.1 Å². The summed E-state index contributed by atoms with van der Waals surface area (Å²) in [4.78, 5) is 23.6. The van der Waals surface area contributed by atoms with Gasteiger partial charge in [0, 0.05) is 5.56 Å². The molecule has 1 atom stereocenters. The number of nitrogens with one attached hydrogen (secondary N) is 2. The topological polar surface area (TPSA) is 101 Å². The summed E-state index contributed by atoms with van der Waals surface area (Å²) in [5.74, 6) is -1.18. The van der Waals surface area contributed by atoms with Gasteiger partial charge in [0.1, 0.15) is 17.6 Å². The molecule has 2 rings (SSSR count). The van der Waals surface area contributed by atoms with Crippen LogP contribution >= 0.6 is 0 Å². The molecule has 0 spiro atoms. The highest BCUT2D eigenvalue weighted by atomic mass is 19.1. The number of halogens is 1. The Balaban J connectivity index is 2.11. The number of rotatable bonds is 6. The molecule has 0 radical (unpaired) electrons. The highest BCUT2D eigenvalue weighted by Crippen LogP contribution is 2.18. The molecule has 2 amide bonds. The number of hydrogen-bond donors (Lipinski definition) is 3. The molecule has 0 saturated heterocycles. The Kier molecular flexibility index (Phi) is 5.10. The molecule has 23 heavy (non-hydrogen) atoms. The molecule has 2 aromatic rings. The van der Waals surface area contributed by atoms with Crippen molar-refractivity contribution in [1.82, 2.24) is 15.5 Å². The summed E-state index contributed by atoms with van der Waals surface area (Å²) >= 11 is 0. The maximum Gasteiger partial charge on any atom is 0.269 e. The Morgan fingerprint density at radius 2 is 1.96 bits per heavy atom. The van der Waals surface area contributed by atoms with Crippen molar-refractivity contribution >= 4 is 11.8 Å². The van der Waals surface area contributed by atoms with Gasteiger partial charge >= 0.3 is 0 Å². The van der Waals surface area contributed by atoms with Gasteiger partial charge in [-0.3, -0.25) is 14.7 Å². The van der Waals surface area contributed by atoms with E-state index in [-0.39, 0.29) is 17.4 Å². The number of aromatic nitrogens is 2. The van der Waals surface area contributed by atoms with E-state index >= 15 is 0 Å². The minimum Gasteiger partial charge on any atom is -0.368 e. The van der Waals surface area contributed by atoms with Crippen LogP contribution in [0.5, 0.6) is 0 Å². The molecule has 0 aliphatic heterocycles. The van der Waals surface area contributed by atoms with Gasteiger partial charge in [0.2, 0.25) is 5.91 Å². The first-order valence-electron chi connectivity index (χ1n) is 7.28. The fourth-order valence-electron chi connectivity index (χ4n) is 2.16. The van der Waals surface area contributed by atoms with Crippen LogP contribution < -0.4 is 11.1 Å². The Bertz CT molecular complexity index is 694. The van der Waals surface area contributed by atoms with E-state index in [1.807, 2.05) is 13.8 Å². The summed E-state index contributed by atoms with van der Waals surface area (Å²) in [6, 6.07) is 6.57. The second-order valence-corrected chi connectivity index (χ2v) is 5.73. The molecule has 1 heterocycles. The second kappa shape index (κ2) is 7.04. The van der Waals surface area contributed by atoms with Gasteiger partial charge in [0.15, 0.2) is 0 Å². The van der Waals surface area contributed by atoms with Crippen LogP contribution in [0.25, 0.3) is 11.3 Å². The molecule has 7 heteroatoms. The van der Waals surface area contributed by atoms with Crippen molar-refractivity contribution in [1.29, 1.82) is 0 Å². The molecule has 0 aliphatic carbocycles. The van der Waals surface area contributed by atoms with E-state index in [0.29, 0.717) is 17.7 Å². The summed E-state index contributed by atoms with van der Waals surface area (Å²) in [5, 5.41) is 9.23. The smallest absolute Gasteiger partial charge is 0.269 e. The number of carbonyl (C=O) groups is 2. The Morgan fingerprint density at radius 3 is 2.52 bits per heavy atom. The summed E-state index contributed by atoms with van der Waals surface area (Å²) in [6.07, 6.45) is 0.458. The van der Waals surface area contributed by atoms with Crippen molar-refractivity contribution in [3.05, 3.63) is 41.8 Å². The van der Waals surface area contributed by atoms with E-state index in [9.17, 15) is 14.0 Å². The average molecular weight is 318 g/mol. The predicted octanol–water partition coefficient (Wildman–Crippen LogP) is 1.85. The highest BCUT2D eigenvalue weighted by molar-refractivity contribution is 5.96. The van der Waals surface area contributed by atoms with Crippen LogP contribution in [-0.2, 0) is 4.79 Å². The van der Waals surface area contributed by atoms with Crippen LogP contribution in [0.15, 0.2) is 30.3 Å². The molecule has 0 unspecified atom stereocenters. The lowest BCUT2D eigenvalue weighted by atomic mass is 10.0. The van der Waals surface area contributed by atoms with E-state index in [2.05, 4.69) is 15.5 Å². The number of primary amides is 1. The third-order valence-electron chi connectivity index (χ3n) is 3.32. The molecule has 0 aliphatic rings. The number of nitrogens with two attached hydrogens (primary N) is 1. The Labute approximate surface area is 133 Å². The van der Waals surface area contributed by atoms with Crippen LogP contribution in [0.4, 0.5) is 4.39 Å². The van der Waals surface area contributed by atoms with Gasteiger partial charge in [-0.15, -0.1) is 0 Å². The molecular weight excluding hydrogens is 299 g/mol. The van der Waals surface area contributed by atoms with Gasteiger partial charge in [-0.2, -0.15) is 5.10 Å². The first-order valence-corrected chi connectivity index (χ1v) is 7.28. The molecular formula is C16H19FN4O2. The molecule has 0 saturated carbocycles. The zero-order valence-corrected chi connectivity index (χ0v) is 13.0. The lowest BCUT2D eigenvalue weighted by molar-refractivity contribution is -0.120. The predicted molar refractivity (Wildman–Crippen MR) is 83.9 cm³/mol. The zero-order chi connectivity index (χ0) is 17.0. The number of aromatic amines is 1. The number of H-pyrrole nitrogens is 1. The SMILES string of the molecule is CC(C)C[C@H](NC(=O)c1cc(-c2ccc(F)cc2)n[nH]1)C(N)=O. The monoisotopic (exact) mass is 318 g/mol. The molecule has 0 bridgehead atoms. The number of nitrogens with zero attached hydrogens (tertiary/aromatic N) is 1. The third-order valence-corrected chi connectivity index (χ3v) is 3.32. The highest BCUT2D eigenvalue weighted by Gasteiger charge is 2.21. The summed E-state index contributed by atoms with van der Waals surface area (Å²) in [6.45, 7) is 3.87. The van der Waals surface area contributed by atoms with Gasteiger partial charge in [-0.25, -0.2) is 4.39 Å². The fourth-order valence-corrected chi connectivity index (χ4v) is 2.16. The molecule has 122 valence electrons. The van der Waals surface area contributed by atoms with E-state index in [0.717, 1.165) is 0 Å². The second-order valence-electron chi connectivity index (χ2n) is 5.73. The summed E-state index contributed by atoms with van der Waals surface area (Å²) < 4.78 is 12.9. The maximum atomic E-state index is 12.9. The lowest BCUT2D eigenvalue weighted by Gasteiger charge is -2.16. The van der Waals surface area contributed by atoms with Gasteiger partial charge in [-0.1, -0.05) is 13.8 Å². The number of hydrogen-bond acceptors (Lipinski definition) is 3. The van der Waals surface area contributed by atoms with Crippen molar-refractivity contribution in [2.75, 3.05) is 0 Å². The van der Waals surface area contributed by atoms with Crippen molar-refractivity contribution in [3.8, 4) is 11.3 Å². The van der Waals surface area contributed by atoms with Crippen molar-refractivity contribution < 1.29 is 14.0 Å². The average Bonchev–Trinajstić information content (AvgIpc) is 2.96. The zero-order valence-electron chi connectivity index (χ0n) is 13.0. The minimum absolute atomic E-state index is 0.208. The van der Waals surface area contributed by atoms with Gasteiger partial charge in [0.25, 0.3) is 5.91 Å². The molecule has 6 nitrogen and oxygen atoms in total. The Hall–Kier alpha value is -2.70. The fraction of sp³-hybridized carbons (Fsp3) is 0.312. The van der Waals surface area contributed by atoms with Gasteiger partial charge in [0.05, 0.1) is 5.69 Å². The standard InChI is InChI=1S/C16H19FN4O2/c1-9(2)7-13(15(18)22)19-16(23)14-8-12(20-21-14)10-3-5-11(17)6-4-10/h3-6,8-9,13H,7H2,1-2H3,(H2,18,22)(H,19,23)(H,20,21)/t13-/m0/s1. The number of benzene rings is 1. The number of amides is 2. The van der Waals surface area contributed by atoms with E-state index in [1.165, 1.54) is 18.2 Å². The van der Waals surface area contributed by atoms with Crippen LogP contribution in [0, 0.1) is 11.7 Å². The minimum atomic E-state index is -0.736. The van der Waals surface area contributed by atoms with Crippen LogP contribution in [0.1, 0.15) is 30.8 Å². The molecule has 1 aromatic carbocycles. The van der Waals surface area contributed by atoms with Crippen molar-refractivity contribution in [3.63, 3.8) is 0 Å². The first-order chi connectivity index (χ1) is 10.9. The van der Waals surface area contributed by atoms with Crippen LogP contribution in [0.2, 0.25) is 0 Å². The van der Waals surface area contributed by atoms with E-state index < -0.39 is 17.9 Å². The Morgan fingerprint density at radius 1 is 1.30 bits per heavy atom. The molecule has 1 aromatic heterocycles. The lowest BCUT2D eigenvalue weighted by Crippen LogP contribution is -2.45. The first kappa shape index (κ1) is 16.7. The maximum absolute atomic E-state index is 12.9. The van der Waals surface area contributed by atoms with E-state index in [1.54, 1.807) is 12.1 Å². The van der Waals surface area contributed by atoms with E-state index in [4.69, 9.17) is 5.73 Å². The van der Waals surface area contributed by atoms with Crippen molar-refractivity contribution in [2.24, 2.45) is 11.7 Å². The summed E-state index contributed by atoms with van der Waals surface area (Å²) in [5.41, 5.74) is 6.70. The summed E-state index contributed by atoms with van der Waals surface area (Å²) in [7, 11) is 0. The van der Waals surface area contributed by atoms with Crippen molar-refractivity contribution in [2.45, 2.75) is 26.3 Å². The van der Waals surface area contributed by atoms with Crippen LogP contribution in [0.3, 0.4) is 0 Å². The third kappa shape index (κ3) is 4.38. The number of carbonyl (C=O) groups excluding carboxylic acids is 2. The molecule has 4 N–H and O–H groups in total. The largest absolute Gasteiger partial charge is 0.368 e. The van der Waals surface area contributed by atoms with Gasteiger partial charge in [-0.05, 0) is 42.7 Å².